The van der Waals surface area contributed by atoms with Crippen molar-refractivity contribution >= 4 is 17.8 Å². The lowest BCUT2D eigenvalue weighted by Crippen LogP contribution is -3.11. The number of nitrogens with one attached hydrogen (secondary N) is 4. The van der Waals surface area contributed by atoms with Gasteiger partial charge in [-0.1, -0.05) is 6.92 Å². The zero-order valence-electron chi connectivity index (χ0n) is 16.0. The van der Waals surface area contributed by atoms with Gasteiger partial charge in [-0.05, 0) is 62.7 Å². The van der Waals surface area contributed by atoms with Gasteiger partial charge < -0.3 is 15.5 Å². The maximum absolute atomic E-state index is 12.4. The van der Waals surface area contributed by atoms with Gasteiger partial charge in [0.05, 0.1) is 7.05 Å². The Morgan fingerprint density at radius 1 is 0.962 bits per heavy atom. The van der Waals surface area contributed by atoms with Gasteiger partial charge in [-0.25, -0.2) is 4.79 Å². The molecule has 0 heterocycles. The Kier molecular flexibility index (Phi) is 5.85. The number of likely N-dealkylation sites (N-methyl/N-ethyl adjacent to an activating group) is 1. The van der Waals surface area contributed by atoms with E-state index in [9.17, 15) is 14.4 Å². The minimum atomic E-state index is -0.375. The van der Waals surface area contributed by atoms with E-state index in [1.54, 1.807) is 7.05 Å². The summed E-state index contributed by atoms with van der Waals surface area (Å²) in [7, 11) is 1.78. The summed E-state index contributed by atoms with van der Waals surface area (Å²) in [5.74, 6) is 1.82. The minimum Gasteiger partial charge on any atom is -0.351 e. The third-order valence-electron chi connectivity index (χ3n) is 6.17. The summed E-state index contributed by atoms with van der Waals surface area (Å²) in [5, 5.41) is 8.39. The van der Waals surface area contributed by atoms with Crippen LogP contribution in [-0.2, 0) is 9.59 Å². The van der Waals surface area contributed by atoms with Crippen LogP contribution in [-0.4, -0.2) is 50.1 Å². The number of urea groups is 1. The molecule has 4 aliphatic rings. The van der Waals surface area contributed by atoms with E-state index in [1.165, 1.54) is 19.3 Å². The summed E-state index contributed by atoms with van der Waals surface area (Å²) in [6.45, 7) is 2.97. The molecule has 4 bridgehead atoms. The fourth-order valence-electron chi connectivity index (χ4n) is 5.64. The zero-order valence-corrected chi connectivity index (χ0v) is 16.0. The summed E-state index contributed by atoms with van der Waals surface area (Å²) in [4.78, 5) is 36.9. The van der Waals surface area contributed by atoms with Crippen molar-refractivity contribution < 1.29 is 19.3 Å². The molecule has 4 amide bonds. The van der Waals surface area contributed by atoms with E-state index >= 15 is 0 Å². The molecule has 7 heteroatoms. The molecule has 0 radical (unpaired) electrons. The van der Waals surface area contributed by atoms with E-state index in [2.05, 4.69) is 16.0 Å². The van der Waals surface area contributed by atoms with Gasteiger partial charge >= 0.3 is 6.03 Å². The third-order valence-corrected chi connectivity index (χ3v) is 6.17. The first-order valence-corrected chi connectivity index (χ1v) is 10.1. The molecule has 26 heavy (non-hydrogen) atoms. The fourth-order valence-corrected chi connectivity index (χ4v) is 5.64. The summed E-state index contributed by atoms with van der Waals surface area (Å²) < 4.78 is 0. The van der Waals surface area contributed by atoms with Crippen molar-refractivity contribution in [1.29, 1.82) is 0 Å². The molecule has 4 aliphatic carbocycles. The van der Waals surface area contributed by atoms with Crippen molar-refractivity contribution in [3.05, 3.63) is 0 Å². The first-order valence-electron chi connectivity index (χ1n) is 10.1. The average Bonchev–Trinajstić information content (AvgIpc) is 2.50. The van der Waals surface area contributed by atoms with Gasteiger partial charge in [-0.3, -0.25) is 14.9 Å². The second kappa shape index (κ2) is 7.94. The molecule has 4 N–H and O–H groups in total. The molecule has 1 atom stereocenters. The average molecular weight is 365 g/mol. The largest absolute Gasteiger partial charge is 0.351 e. The Labute approximate surface area is 155 Å². The van der Waals surface area contributed by atoms with Crippen molar-refractivity contribution in [2.24, 2.45) is 17.8 Å². The molecule has 0 saturated heterocycles. The van der Waals surface area contributed by atoms with Crippen molar-refractivity contribution in [2.75, 3.05) is 26.7 Å². The van der Waals surface area contributed by atoms with Gasteiger partial charge in [-0.2, -0.15) is 0 Å². The smallest absolute Gasteiger partial charge is 0.322 e. The predicted molar refractivity (Wildman–Crippen MR) is 97.5 cm³/mol. The molecule has 0 aromatic rings. The van der Waals surface area contributed by atoms with Crippen LogP contribution in [0.2, 0.25) is 0 Å². The number of imide groups is 1. The van der Waals surface area contributed by atoms with Crippen LogP contribution in [0.1, 0.15) is 51.9 Å². The fraction of sp³-hybridized carbons (Fsp3) is 0.842. The minimum absolute atomic E-state index is 0.0739. The second-order valence-electron chi connectivity index (χ2n) is 8.86. The molecular weight excluding hydrogens is 332 g/mol. The number of amides is 4. The highest BCUT2D eigenvalue weighted by Crippen LogP contribution is 2.55. The lowest BCUT2D eigenvalue weighted by molar-refractivity contribution is -0.862. The van der Waals surface area contributed by atoms with Crippen LogP contribution in [0.4, 0.5) is 4.79 Å². The summed E-state index contributed by atoms with van der Waals surface area (Å²) in [5.41, 5.74) is -0.0993. The highest BCUT2D eigenvalue weighted by atomic mass is 16.2. The molecule has 1 unspecified atom stereocenters. The third kappa shape index (κ3) is 4.75. The number of hydrogen-bond acceptors (Lipinski definition) is 3. The molecule has 0 spiro atoms. The standard InChI is InChI=1S/C19H32N4O3/c1-3-4-20-16(24)11-23(2)12-17(25)21-18(26)22-19-8-13-5-14(9-19)7-15(6-13)10-19/h13-15H,3-12H2,1-2H3,(H,20,24)(H2,21,22,25,26)/p+1. The van der Waals surface area contributed by atoms with Crippen LogP contribution in [0.5, 0.6) is 0 Å². The van der Waals surface area contributed by atoms with Gasteiger partial charge in [0.25, 0.3) is 11.8 Å². The van der Waals surface area contributed by atoms with Gasteiger partial charge in [0.2, 0.25) is 0 Å². The highest BCUT2D eigenvalue weighted by Gasteiger charge is 2.51. The van der Waals surface area contributed by atoms with E-state index in [1.807, 2.05) is 6.92 Å². The Bertz CT molecular complexity index is 528. The quantitative estimate of drug-likeness (QED) is 0.504. The van der Waals surface area contributed by atoms with Crippen molar-refractivity contribution in [3.8, 4) is 0 Å². The van der Waals surface area contributed by atoms with E-state index in [0.717, 1.165) is 48.3 Å². The molecule has 4 saturated carbocycles. The first kappa shape index (κ1) is 19.1. The Morgan fingerprint density at radius 2 is 1.50 bits per heavy atom. The SMILES string of the molecule is CCCNC(=O)C[NH+](C)CC(=O)NC(=O)NC12CC3CC(CC(C3)C1)C2. The molecule has 0 aromatic carbocycles. The monoisotopic (exact) mass is 365 g/mol. The molecular formula is C19H33N4O3+. The highest BCUT2D eigenvalue weighted by molar-refractivity contribution is 5.95. The number of hydrogen-bond donors (Lipinski definition) is 4. The molecule has 4 fully saturated rings. The summed E-state index contributed by atoms with van der Waals surface area (Å²) in [6.07, 6.45) is 8.01. The van der Waals surface area contributed by atoms with E-state index in [0.29, 0.717) is 6.54 Å². The Morgan fingerprint density at radius 3 is 2.04 bits per heavy atom. The summed E-state index contributed by atoms with van der Waals surface area (Å²) in [6, 6.07) is -0.375. The number of carbonyl (C=O) groups is 3. The van der Waals surface area contributed by atoms with Crippen molar-refractivity contribution in [2.45, 2.75) is 57.4 Å². The topological polar surface area (TPSA) is 91.7 Å². The van der Waals surface area contributed by atoms with Gasteiger partial charge in [0.1, 0.15) is 0 Å². The lowest BCUT2D eigenvalue weighted by Gasteiger charge is -2.56. The number of rotatable bonds is 7. The Balaban J connectivity index is 1.42. The normalized spacial score (nSPS) is 32.8. The number of quaternary nitrogens is 1. The summed E-state index contributed by atoms with van der Waals surface area (Å²) >= 11 is 0. The van der Waals surface area contributed by atoms with Gasteiger partial charge in [0.15, 0.2) is 13.1 Å². The van der Waals surface area contributed by atoms with E-state index < -0.39 is 0 Å². The van der Waals surface area contributed by atoms with Gasteiger partial charge in [-0.15, -0.1) is 0 Å². The van der Waals surface area contributed by atoms with E-state index in [-0.39, 0.29) is 36.5 Å². The van der Waals surface area contributed by atoms with Crippen LogP contribution in [0, 0.1) is 17.8 Å². The van der Waals surface area contributed by atoms with Crippen LogP contribution in [0.3, 0.4) is 0 Å². The van der Waals surface area contributed by atoms with Crippen LogP contribution in [0.25, 0.3) is 0 Å². The lowest BCUT2D eigenvalue weighted by atomic mass is 9.53. The molecule has 0 aromatic heterocycles. The maximum atomic E-state index is 12.4. The molecule has 146 valence electrons. The van der Waals surface area contributed by atoms with E-state index in [4.69, 9.17) is 0 Å². The number of carbonyl (C=O) groups excluding carboxylic acids is 3. The molecule has 4 rings (SSSR count). The zero-order chi connectivity index (χ0) is 18.7. The van der Waals surface area contributed by atoms with Crippen molar-refractivity contribution in [1.82, 2.24) is 16.0 Å². The van der Waals surface area contributed by atoms with Crippen LogP contribution in [0.15, 0.2) is 0 Å². The van der Waals surface area contributed by atoms with Gasteiger partial charge in [0, 0.05) is 12.1 Å². The predicted octanol–water partition coefficient (Wildman–Crippen LogP) is -0.178. The first-order chi connectivity index (χ1) is 12.4. The van der Waals surface area contributed by atoms with Crippen LogP contribution >= 0.6 is 0 Å². The second-order valence-corrected chi connectivity index (χ2v) is 8.86. The van der Waals surface area contributed by atoms with Crippen molar-refractivity contribution in [3.63, 3.8) is 0 Å². The molecule has 0 aliphatic heterocycles. The van der Waals surface area contributed by atoms with Crippen LogP contribution < -0.4 is 20.9 Å². The maximum Gasteiger partial charge on any atom is 0.322 e. The Hall–Kier alpha value is -1.63. The molecule has 7 nitrogen and oxygen atoms in total.